The van der Waals surface area contributed by atoms with Crippen LogP contribution in [-0.2, 0) is 6.54 Å². The second-order valence-electron chi connectivity index (χ2n) is 5.27. The van der Waals surface area contributed by atoms with Gasteiger partial charge in [-0.2, -0.15) is 0 Å². The van der Waals surface area contributed by atoms with Gasteiger partial charge in [0.15, 0.2) is 0 Å². The van der Waals surface area contributed by atoms with E-state index in [4.69, 9.17) is 10.5 Å². The first-order chi connectivity index (χ1) is 10.2. The monoisotopic (exact) mass is 363 g/mol. The van der Waals surface area contributed by atoms with Gasteiger partial charge in [-0.1, -0.05) is 34.1 Å². The van der Waals surface area contributed by atoms with Gasteiger partial charge >= 0.3 is 0 Å². The normalized spacial score (nSPS) is 16.8. The lowest BCUT2D eigenvalue weighted by molar-refractivity contribution is 0.293. The molecule has 1 atom stereocenters. The second kappa shape index (κ2) is 6.42. The summed E-state index contributed by atoms with van der Waals surface area (Å²) in [5.41, 5.74) is 9.44. The van der Waals surface area contributed by atoms with E-state index >= 15 is 0 Å². The highest BCUT2D eigenvalue weighted by Crippen LogP contribution is 2.40. The molecule has 110 valence electrons. The Morgan fingerprint density at radius 3 is 2.95 bits per heavy atom. The van der Waals surface area contributed by atoms with Crippen LogP contribution in [0.1, 0.15) is 22.6 Å². The third kappa shape index (κ3) is 3.12. The van der Waals surface area contributed by atoms with Crippen LogP contribution in [-0.4, -0.2) is 12.4 Å². The number of thioether (sulfide) groups is 1. The zero-order valence-corrected chi connectivity index (χ0v) is 14.3. The number of nitrogens with two attached hydrogens (primary N) is 1. The maximum Gasteiger partial charge on any atom is 0.126 e. The minimum absolute atomic E-state index is 0.458. The lowest BCUT2D eigenvalue weighted by atomic mass is 10.0. The molecule has 0 saturated heterocycles. The van der Waals surface area contributed by atoms with Crippen molar-refractivity contribution >= 4 is 27.7 Å². The van der Waals surface area contributed by atoms with Gasteiger partial charge in [-0.15, -0.1) is 11.8 Å². The molecule has 2 aromatic rings. The summed E-state index contributed by atoms with van der Waals surface area (Å²) in [4.78, 5) is 1.39. The maximum absolute atomic E-state index is 6.14. The summed E-state index contributed by atoms with van der Waals surface area (Å²) in [5, 5.41) is 0. The summed E-state index contributed by atoms with van der Waals surface area (Å²) in [7, 11) is 0. The molecule has 1 aliphatic heterocycles. The first kappa shape index (κ1) is 14.9. The Kier molecular flexibility index (Phi) is 4.57. The van der Waals surface area contributed by atoms with Gasteiger partial charge in [-0.3, -0.25) is 0 Å². The van der Waals surface area contributed by atoms with Crippen molar-refractivity contribution in [2.45, 2.75) is 24.3 Å². The van der Waals surface area contributed by atoms with E-state index in [-0.39, 0.29) is 0 Å². The summed E-state index contributed by atoms with van der Waals surface area (Å²) in [5.74, 6) is 2.49. The summed E-state index contributed by atoms with van der Waals surface area (Å²) in [6.07, 6.45) is 0. The van der Waals surface area contributed by atoms with Crippen molar-refractivity contribution in [2.24, 2.45) is 5.73 Å². The zero-order chi connectivity index (χ0) is 14.8. The van der Waals surface area contributed by atoms with E-state index < -0.39 is 0 Å². The van der Waals surface area contributed by atoms with E-state index in [9.17, 15) is 0 Å². The number of fused-ring (bicyclic) bond motifs is 1. The van der Waals surface area contributed by atoms with Crippen LogP contribution >= 0.6 is 27.7 Å². The average Bonchev–Trinajstić information content (AvgIpc) is 2.89. The molecule has 0 radical (unpaired) electrons. The van der Waals surface area contributed by atoms with E-state index in [1.807, 2.05) is 17.8 Å². The van der Waals surface area contributed by atoms with Gasteiger partial charge in [0.1, 0.15) is 5.75 Å². The molecule has 4 heteroatoms. The van der Waals surface area contributed by atoms with Crippen LogP contribution < -0.4 is 10.5 Å². The first-order valence-electron chi connectivity index (χ1n) is 7.02. The van der Waals surface area contributed by atoms with Crippen LogP contribution in [0, 0.1) is 6.92 Å². The van der Waals surface area contributed by atoms with Gasteiger partial charge in [-0.05, 0) is 36.2 Å². The lowest BCUT2D eigenvalue weighted by Gasteiger charge is -2.17. The molecule has 2 aromatic carbocycles. The van der Waals surface area contributed by atoms with Gasteiger partial charge in [0.05, 0.1) is 6.61 Å². The van der Waals surface area contributed by atoms with Gasteiger partial charge < -0.3 is 10.5 Å². The molecule has 21 heavy (non-hydrogen) atoms. The van der Waals surface area contributed by atoms with Crippen LogP contribution in [0.25, 0.3) is 0 Å². The number of hydrogen-bond donors (Lipinski definition) is 1. The summed E-state index contributed by atoms with van der Waals surface area (Å²) in [6, 6.07) is 12.7. The van der Waals surface area contributed by atoms with E-state index in [0.29, 0.717) is 19.1 Å². The van der Waals surface area contributed by atoms with Crippen molar-refractivity contribution in [3.05, 3.63) is 57.6 Å². The van der Waals surface area contributed by atoms with Crippen molar-refractivity contribution in [3.63, 3.8) is 0 Å². The first-order valence-corrected chi connectivity index (χ1v) is 8.80. The Hall–Kier alpha value is -0.970. The number of rotatable bonds is 4. The molecular weight excluding hydrogens is 346 g/mol. The molecule has 2 nitrogen and oxygen atoms in total. The van der Waals surface area contributed by atoms with Crippen molar-refractivity contribution in [3.8, 4) is 5.75 Å². The third-order valence-electron chi connectivity index (χ3n) is 3.76. The van der Waals surface area contributed by atoms with Gasteiger partial charge in [0.2, 0.25) is 0 Å². The Morgan fingerprint density at radius 1 is 1.33 bits per heavy atom. The number of hydrogen-bond acceptors (Lipinski definition) is 3. The molecule has 1 aliphatic rings. The van der Waals surface area contributed by atoms with Gasteiger partial charge in [0, 0.05) is 33.1 Å². The predicted molar refractivity (Wildman–Crippen MR) is 92.2 cm³/mol. The molecule has 0 spiro atoms. The van der Waals surface area contributed by atoms with E-state index in [2.05, 4.69) is 53.2 Å². The van der Waals surface area contributed by atoms with Crippen LogP contribution in [0.5, 0.6) is 5.75 Å². The summed E-state index contributed by atoms with van der Waals surface area (Å²) >= 11 is 5.43. The molecule has 0 aliphatic carbocycles. The number of aryl methyl sites for hydroxylation is 1. The van der Waals surface area contributed by atoms with Crippen LogP contribution in [0.2, 0.25) is 0 Å². The van der Waals surface area contributed by atoms with E-state index in [0.717, 1.165) is 27.1 Å². The molecule has 1 heterocycles. The number of halogens is 1. The van der Waals surface area contributed by atoms with E-state index in [1.54, 1.807) is 0 Å². The second-order valence-corrected chi connectivity index (χ2v) is 7.25. The fourth-order valence-corrected chi connectivity index (χ4v) is 4.56. The predicted octanol–water partition coefficient (Wildman–Crippen LogP) is 4.48. The van der Waals surface area contributed by atoms with Crippen LogP contribution in [0.4, 0.5) is 0 Å². The van der Waals surface area contributed by atoms with E-state index in [1.165, 1.54) is 10.5 Å². The fourth-order valence-electron chi connectivity index (χ4n) is 2.71. The largest absolute Gasteiger partial charge is 0.492 e. The third-order valence-corrected chi connectivity index (χ3v) is 5.47. The molecule has 0 bridgehead atoms. The number of benzene rings is 2. The number of ether oxygens (including phenoxy) is 1. The molecule has 0 amide bonds. The standard InChI is InChI=1S/C17H18BrNOS/c1-11-6-14(18)7-12(8-19)17(11)20-9-13-10-21-16-5-3-2-4-15(13)16/h2-7,13H,8-10,19H2,1H3. The van der Waals surface area contributed by atoms with Crippen LogP contribution in [0.3, 0.4) is 0 Å². The molecule has 0 saturated carbocycles. The molecule has 1 unspecified atom stereocenters. The highest BCUT2D eigenvalue weighted by Gasteiger charge is 2.23. The smallest absolute Gasteiger partial charge is 0.126 e. The maximum atomic E-state index is 6.14. The minimum Gasteiger partial charge on any atom is -0.492 e. The molecule has 2 N–H and O–H groups in total. The van der Waals surface area contributed by atoms with Crippen molar-refractivity contribution in [2.75, 3.05) is 12.4 Å². The Labute approximate surface area is 138 Å². The topological polar surface area (TPSA) is 35.2 Å². The molecular formula is C17H18BrNOS. The highest BCUT2D eigenvalue weighted by atomic mass is 79.9. The van der Waals surface area contributed by atoms with Crippen molar-refractivity contribution in [1.29, 1.82) is 0 Å². The quantitative estimate of drug-likeness (QED) is 0.869. The summed E-state index contributed by atoms with van der Waals surface area (Å²) < 4.78 is 7.19. The summed E-state index contributed by atoms with van der Waals surface area (Å²) in [6.45, 7) is 3.27. The molecule has 3 rings (SSSR count). The Bertz CT molecular complexity index is 659. The Balaban J connectivity index is 1.78. The minimum atomic E-state index is 0.458. The van der Waals surface area contributed by atoms with Crippen molar-refractivity contribution < 1.29 is 4.74 Å². The Morgan fingerprint density at radius 2 is 2.14 bits per heavy atom. The lowest BCUT2D eigenvalue weighted by Crippen LogP contribution is -2.12. The van der Waals surface area contributed by atoms with Gasteiger partial charge in [-0.25, -0.2) is 0 Å². The molecule has 0 fully saturated rings. The highest BCUT2D eigenvalue weighted by molar-refractivity contribution is 9.10. The van der Waals surface area contributed by atoms with Crippen LogP contribution in [0.15, 0.2) is 45.8 Å². The molecule has 0 aromatic heterocycles. The average molecular weight is 364 g/mol. The fraction of sp³-hybridized carbons (Fsp3) is 0.294. The van der Waals surface area contributed by atoms with Crippen molar-refractivity contribution in [1.82, 2.24) is 0 Å². The SMILES string of the molecule is Cc1cc(Br)cc(CN)c1OCC1CSc2ccccc21. The van der Waals surface area contributed by atoms with Gasteiger partial charge in [0.25, 0.3) is 0 Å². The zero-order valence-electron chi connectivity index (χ0n) is 11.9.